The second-order valence-corrected chi connectivity index (χ2v) is 8.83. The molecule has 6 rings (SSSR count). The van der Waals surface area contributed by atoms with E-state index in [9.17, 15) is 14.3 Å². The van der Waals surface area contributed by atoms with Gasteiger partial charge in [0.25, 0.3) is 0 Å². The molecule has 2 saturated heterocycles. The highest BCUT2D eigenvalue weighted by Crippen LogP contribution is 2.32. The van der Waals surface area contributed by atoms with Crippen molar-refractivity contribution in [2.45, 2.75) is 24.4 Å². The Bertz CT molecular complexity index is 1440. The predicted molar refractivity (Wildman–Crippen MR) is 131 cm³/mol. The predicted octanol–water partition coefficient (Wildman–Crippen LogP) is 3.52. The Hall–Kier alpha value is -4.06. The highest BCUT2D eigenvalue weighted by atomic mass is 19.1. The van der Waals surface area contributed by atoms with Crippen molar-refractivity contribution in [3.05, 3.63) is 60.5 Å². The van der Waals surface area contributed by atoms with Crippen molar-refractivity contribution in [1.29, 1.82) is 0 Å². The summed E-state index contributed by atoms with van der Waals surface area (Å²) in [5.41, 5.74) is 3.89. The molecule has 4 aromatic rings. The van der Waals surface area contributed by atoms with Crippen LogP contribution >= 0.6 is 0 Å². The van der Waals surface area contributed by atoms with Crippen molar-refractivity contribution < 1.29 is 33.2 Å². The van der Waals surface area contributed by atoms with Crippen molar-refractivity contribution >= 4 is 22.8 Å². The first-order chi connectivity index (χ1) is 18.0. The van der Waals surface area contributed by atoms with Gasteiger partial charge in [0.1, 0.15) is 24.0 Å². The summed E-state index contributed by atoms with van der Waals surface area (Å²) in [7, 11) is 1.29. The van der Waals surface area contributed by atoms with Crippen LogP contribution in [0.3, 0.4) is 0 Å². The minimum Gasteiger partial charge on any atom is -0.470 e. The number of fused-ring (bicyclic) bond motifs is 2. The Labute approximate surface area is 210 Å². The number of aliphatic hydroxyl groups excluding tert-OH is 1. The van der Waals surface area contributed by atoms with E-state index in [1.165, 1.54) is 19.4 Å². The molecule has 5 heterocycles. The molecule has 0 saturated carbocycles. The summed E-state index contributed by atoms with van der Waals surface area (Å²) in [4.78, 5) is 23.2. The van der Waals surface area contributed by atoms with Gasteiger partial charge in [0.15, 0.2) is 17.8 Å². The van der Waals surface area contributed by atoms with Crippen LogP contribution in [0.25, 0.3) is 33.5 Å². The van der Waals surface area contributed by atoms with Gasteiger partial charge in [-0.3, -0.25) is 10.3 Å². The Balaban J connectivity index is 1.20. The van der Waals surface area contributed by atoms with Crippen LogP contribution in [-0.2, 0) is 14.2 Å². The van der Waals surface area contributed by atoms with Crippen molar-refractivity contribution in [3.8, 4) is 28.4 Å². The van der Waals surface area contributed by atoms with Gasteiger partial charge in [-0.15, -0.1) is 0 Å². The first-order valence-electron chi connectivity index (χ1n) is 11.7. The molecule has 1 aromatic carbocycles. The first kappa shape index (κ1) is 23.3. The van der Waals surface area contributed by atoms with Crippen LogP contribution in [0, 0.1) is 5.82 Å². The quantitative estimate of drug-likeness (QED) is 0.375. The summed E-state index contributed by atoms with van der Waals surface area (Å²) >= 11 is 0. The van der Waals surface area contributed by atoms with Gasteiger partial charge in [0.05, 0.1) is 48.9 Å². The number of amides is 1. The maximum absolute atomic E-state index is 15.0. The molecule has 0 aliphatic carbocycles. The van der Waals surface area contributed by atoms with Gasteiger partial charge in [-0.2, -0.15) is 0 Å². The number of H-pyrrole nitrogens is 1. The van der Waals surface area contributed by atoms with Crippen LogP contribution in [-0.4, -0.2) is 70.9 Å². The van der Waals surface area contributed by atoms with Gasteiger partial charge in [0, 0.05) is 23.3 Å². The van der Waals surface area contributed by atoms with Gasteiger partial charge in [-0.05, 0) is 12.1 Å². The molecule has 0 spiro atoms. The maximum Gasteiger partial charge on any atom is 0.411 e. The molecule has 190 valence electrons. The normalized spacial score (nSPS) is 22.7. The van der Waals surface area contributed by atoms with Crippen LogP contribution in [0.1, 0.15) is 0 Å². The lowest BCUT2D eigenvalue weighted by molar-refractivity contribution is 0.00794. The van der Waals surface area contributed by atoms with E-state index in [4.69, 9.17) is 14.2 Å². The molecule has 3 N–H and O–H groups in total. The van der Waals surface area contributed by atoms with Crippen LogP contribution in [0.15, 0.2) is 54.7 Å². The fourth-order valence-corrected chi connectivity index (χ4v) is 4.59. The Morgan fingerprint density at radius 1 is 1.11 bits per heavy atom. The molecule has 0 radical (unpaired) electrons. The fourth-order valence-electron chi connectivity index (χ4n) is 4.59. The third kappa shape index (κ3) is 4.48. The highest BCUT2D eigenvalue weighted by molar-refractivity contribution is 5.84. The molecule has 0 unspecified atom stereocenters. The minimum atomic E-state index is -0.662. The fraction of sp³-hybridized carbons (Fsp3) is 0.269. The number of aromatic nitrogens is 3. The number of hydrogen-bond acceptors (Lipinski definition) is 8. The van der Waals surface area contributed by atoms with E-state index in [0.717, 1.165) is 5.56 Å². The van der Waals surface area contributed by atoms with Crippen LogP contribution in [0.4, 0.5) is 14.9 Å². The maximum atomic E-state index is 15.0. The molecule has 2 aliphatic heterocycles. The van der Waals surface area contributed by atoms with E-state index >= 15 is 0 Å². The number of methoxy groups -OCH3 is 1. The number of ether oxygens (including phenoxy) is 4. The second-order valence-electron chi connectivity index (χ2n) is 8.83. The van der Waals surface area contributed by atoms with E-state index in [0.29, 0.717) is 40.5 Å². The Morgan fingerprint density at radius 3 is 2.65 bits per heavy atom. The zero-order valence-electron chi connectivity index (χ0n) is 19.7. The summed E-state index contributed by atoms with van der Waals surface area (Å²) in [5, 5.41) is 12.5. The number of hydrogen-bond donors (Lipinski definition) is 3. The summed E-state index contributed by atoms with van der Waals surface area (Å²) in [6.07, 6.45) is -0.843. The number of aliphatic hydroxyl groups is 1. The average Bonchev–Trinajstić information content (AvgIpc) is 3.60. The van der Waals surface area contributed by atoms with Crippen LogP contribution in [0.5, 0.6) is 5.88 Å². The standard InChI is InChI=1S/C26H23FN4O6/c1-34-26(33)29-15-6-7-17(28-10-15)13-2-4-14(5-3-13)23-16(27)8-18-19(31-23)9-22(30-18)37-21-12-36-24-20(32)11-35-25(21)24/h2-10,20-21,24-25,30,32H,11-12H2,1H3,(H,29,33)/t20-,21-,24-,25-/m1/s1. The molecule has 0 bridgehead atoms. The van der Waals surface area contributed by atoms with E-state index in [1.807, 2.05) is 12.1 Å². The average molecular weight is 506 g/mol. The van der Waals surface area contributed by atoms with E-state index in [2.05, 4.69) is 25.0 Å². The number of anilines is 1. The summed E-state index contributed by atoms with van der Waals surface area (Å²) in [6.45, 7) is 0.505. The number of nitrogens with one attached hydrogen (secondary N) is 2. The topological polar surface area (TPSA) is 128 Å². The SMILES string of the molecule is COC(=O)Nc1ccc(-c2ccc(-c3nc4cc(O[C@@H]5CO[C@H]6[C@@H]5OC[C@H]6O)[nH]c4cc3F)cc2)nc1. The third-order valence-electron chi connectivity index (χ3n) is 6.44. The molecule has 2 aliphatic rings. The molecule has 11 heteroatoms. The van der Waals surface area contributed by atoms with Gasteiger partial charge in [-0.25, -0.2) is 14.2 Å². The monoisotopic (exact) mass is 506 g/mol. The summed E-state index contributed by atoms with van der Waals surface area (Å²) in [6, 6.07) is 13.8. The molecule has 2 fully saturated rings. The number of aromatic amines is 1. The molecule has 3 aromatic heterocycles. The van der Waals surface area contributed by atoms with E-state index < -0.39 is 24.1 Å². The summed E-state index contributed by atoms with van der Waals surface area (Å²) in [5.74, 6) is -0.0543. The van der Waals surface area contributed by atoms with Gasteiger partial charge < -0.3 is 29.0 Å². The third-order valence-corrected chi connectivity index (χ3v) is 6.44. The van der Waals surface area contributed by atoms with Crippen LogP contribution in [0.2, 0.25) is 0 Å². The van der Waals surface area contributed by atoms with Crippen molar-refractivity contribution in [3.63, 3.8) is 0 Å². The smallest absolute Gasteiger partial charge is 0.411 e. The lowest BCUT2D eigenvalue weighted by atomic mass is 10.1. The lowest BCUT2D eigenvalue weighted by Gasteiger charge is -2.16. The number of carbonyl (C=O) groups excluding carboxylic acids is 1. The largest absolute Gasteiger partial charge is 0.470 e. The van der Waals surface area contributed by atoms with E-state index in [-0.39, 0.29) is 24.5 Å². The number of nitrogens with zero attached hydrogens (tertiary/aromatic N) is 2. The highest BCUT2D eigenvalue weighted by Gasteiger charge is 2.48. The van der Waals surface area contributed by atoms with E-state index in [1.54, 1.807) is 30.3 Å². The number of halogens is 1. The number of pyridine rings is 2. The number of carbonyl (C=O) groups is 1. The summed E-state index contributed by atoms with van der Waals surface area (Å²) < 4.78 is 36.7. The first-order valence-corrected chi connectivity index (χ1v) is 11.7. The van der Waals surface area contributed by atoms with Crippen molar-refractivity contribution in [2.75, 3.05) is 25.6 Å². The molecule has 1 amide bonds. The zero-order chi connectivity index (χ0) is 25.5. The van der Waals surface area contributed by atoms with Gasteiger partial charge in [0.2, 0.25) is 0 Å². The molecule has 10 nitrogen and oxygen atoms in total. The number of rotatable bonds is 5. The zero-order valence-corrected chi connectivity index (χ0v) is 19.7. The Kier molecular flexibility index (Phi) is 5.95. The van der Waals surface area contributed by atoms with Gasteiger partial charge in [-0.1, -0.05) is 24.3 Å². The molecular weight excluding hydrogens is 483 g/mol. The van der Waals surface area contributed by atoms with Gasteiger partial charge >= 0.3 is 6.09 Å². The molecule has 37 heavy (non-hydrogen) atoms. The van der Waals surface area contributed by atoms with Crippen molar-refractivity contribution in [1.82, 2.24) is 15.0 Å². The minimum absolute atomic E-state index is 0.210. The molecule has 4 atom stereocenters. The lowest BCUT2D eigenvalue weighted by Crippen LogP contribution is -2.34. The second kappa shape index (κ2) is 9.43. The Morgan fingerprint density at radius 2 is 1.89 bits per heavy atom. The number of benzene rings is 1. The van der Waals surface area contributed by atoms with Crippen LogP contribution < -0.4 is 10.1 Å². The van der Waals surface area contributed by atoms with Crippen molar-refractivity contribution in [2.24, 2.45) is 0 Å². The molecular formula is C26H23FN4O6.